The molecule has 0 radical (unpaired) electrons. The molecule has 3 aromatic rings. The van der Waals surface area contributed by atoms with Gasteiger partial charge in [-0.1, -0.05) is 54.6 Å². The molecule has 1 unspecified atom stereocenters. The minimum absolute atomic E-state index is 0.394. The fraction of sp³-hybridized carbons (Fsp3) is 0.240. The van der Waals surface area contributed by atoms with E-state index in [9.17, 15) is 4.79 Å². The van der Waals surface area contributed by atoms with Gasteiger partial charge in [0.05, 0.1) is 0 Å². The topological polar surface area (TPSA) is 42.0 Å². The maximum Gasteiger partial charge on any atom is 0.343 e. The number of carbonyl (C=O) groups excluding carboxylic acids is 1. The minimum atomic E-state index is -1.30. The van der Waals surface area contributed by atoms with Gasteiger partial charge >= 0.3 is 5.97 Å². The molecule has 0 aromatic heterocycles. The average Bonchev–Trinajstić information content (AvgIpc) is 3.13. The number of cyclic esters (lactones) is 1. The van der Waals surface area contributed by atoms with Crippen molar-refractivity contribution in [3.63, 3.8) is 0 Å². The van der Waals surface area contributed by atoms with Gasteiger partial charge in [-0.25, -0.2) is 4.79 Å². The van der Waals surface area contributed by atoms with Crippen LogP contribution in [0, 0.1) is 0 Å². The predicted molar refractivity (Wildman–Crippen MR) is 119 cm³/mol. The first-order valence-corrected chi connectivity index (χ1v) is 9.92. The van der Waals surface area contributed by atoms with Crippen LogP contribution in [0.4, 0.5) is 11.4 Å². The predicted octanol–water partition coefficient (Wildman–Crippen LogP) is 4.33. The van der Waals surface area contributed by atoms with Gasteiger partial charge in [0.2, 0.25) is 0 Å². The normalized spacial score (nSPS) is 17.5. The first-order chi connectivity index (χ1) is 14.4. The largest absolute Gasteiger partial charge is 0.422 e. The highest BCUT2D eigenvalue weighted by Gasteiger charge is 2.51. The second-order valence-electron chi connectivity index (χ2n) is 7.83. The van der Waals surface area contributed by atoms with Crippen molar-refractivity contribution in [2.45, 2.75) is 11.9 Å². The lowest BCUT2D eigenvalue weighted by molar-refractivity contribution is -0.163. The number of ether oxygens (including phenoxy) is 2. The molecule has 1 saturated heterocycles. The number of hydrogen-bond donors (Lipinski definition) is 0. The van der Waals surface area contributed by atoms with E-state index in [1.807, 2.05) is 117 Å². The van der Waals surface area contributed by atoms with E-state index in [-0.39, 0.29) is 0 Å². The molecular formula is C25H26N2O3. The van der Waals surface area contributed by atoms with Gasteiger partial charge in [0.15, 0.2) is 6.10 Å². The van der Waals surface area contributed by atoms with Gasteiger partial charge in [-0.05, 0) is 29.8 Å². The van der Waals surface area contributed by atoms with Crippen LogP contribution in [0.5, 0.6) is 0 Å². The quantitative estimate of drug-likeness (QED) is 0.594. The van der Waals surface area contributed by atoms with Gasteiger partial charge in [-0.3, -0.25) is 0 Å². The Bertz CT molecular complexity index is 961. The Labute approximate surface area is 177 Å². The molecule has 0 amide bonds. The van der Waals surface area contributed by atoms with Crippen molar-refractivity contribution < 1.29 is 14.3 Å². The number of benzene rings is 3. The van der Waals surface area contributed by atoms with Crippen molar-refractivity contribution in [2.75, 3.05) is 38.0 Å². The molecule has 5 heteroatoms. The van der Waals surface area contributed by atoms with Crippen molar-refractivity contribution in [3.05, 3.63) is 95.6 Å². The first kappa shape index (κ1) is 20.0. The van der Waals surface area contributed by atoms with Gasteiger partial charge in [0, 0.05) is 50.7 Å². The molecule has 1 aliphatic rings. The third-order valence-corrected chi connectivity index (χ3v) is 5.37. The summed E-state index contributed by atoms with van der Waals surface area (Å²) in [6, 6.07) is 25.3. The van der Waals surface area contributed by atoms with Gasteiger partial charge in [0.1, 0.15) is 0 Å². The van der Waals surface area contributed by atoms with E-state index >= 15 is 0 Å². The summed E-state index contributed by atoms with van der Waals surface area (Å²) in [4.78, 5) is 17.0. The van der Waals surface area contributed by atoms with Gasteiger partial charge in [-0.15, -0.1) is 0 Å². The SMILES string of the molecule is CN(C)c1ccc(C2(c3ccc(N(C)C)cc3)OC(=O)C(c3ccccc3)O2)cc1. The molecular weight excluding hydrogens is 376 g/mol. The minimum Gasteiger partial charge on any atom is -0.422 e. The lowest BCUT2D eigenvalue weighted by Gasteiger charge is -2.29. The van der Waals surface area contributed by atoms with Crippen molar-refractivity contribution in [1.29, 1.82) is 0 Å². The van der Waals surface area contributed by atoms with E-state index in [0.29, 0.717) is 0 Å². The van der Waals surface area contributed by atoms with E-state index in [2.05, 4.69) is 0 Å². The highest BCUT2D eigenvalue weighted by Crippen LogP contribution is 2.46. The van der Waals surface area contributed by atoms with Crippen molar-refractivity contribution in [1.82, 2.24) is 0 Å². The fourth-order valence-corrected chi connectivity index (χ4v) is 3.64. The van der Waals surface area contributed by atoms with Crippen LogP contribution >= 0.6 is 0 Å². The Hall–Kier alpha value is -3.31. The van der Waals surface area contributed by atoms with Crippen LogP contribution in [0.1, 0.15) is 22.8 Å². The first-order valence-electron chi connectivity index (χ1n) is 9.92. The van der Waals surface area contributed by atoms with Crippen LogP contribution in [-0.4, -0.2) is 34.2 Å². The maximum atomic E-state index is 12.9. The molecule has 3 aromatic carbocycles. The summed E-state index contributed by atoms with van der Waals surface area (Å²) >= 11 is 0. The van der Waals surface area contributed by atoms with E-state index in [1.54, 1.807) is 0 Å². The monoisotopic (exact) mass is 402 g/mol. The van der Waals surface area contributed by atoms with Gasteiger partial charge in [0.25, 0.3) is 5.79 Å². The molecule has 5 nitrogen and oxygen atoms in total. The highest BCUT2D eigenvalue weighted by atomic mass is 16.8. The van der Waals surface area contributed by atoms with Crippen LogP contribution < -0.4 is 9.80 Å². The molecule has 1 fully saturated rings. The summed E-state index contributed by atoms with van der Waals surface area (Å²) in [6.45, 7) is 0. The summed E-state index contributed by atoms with van der Waals surface area (Å²) in [5.74, 6) is -1.69. The molecule has 1 aliphatic heterocycles. The zero-order chi connectivity index (χ0) is 21.3. The molecule has 0 N–H and O–H groups in total. The molecule has 154 valence electrons. The number of anilines is 2. The third-order valence-electron chi connectivity index (χ3n) is 5.37. The highest BCUT2D eigenvalue weighted by molar-refractivity contribution is 5.79. The fourth-order valence-electron chi connectivity index (χ4n) is 3.64. The smallest absolute Gasteiger partial charge is 0.343 e. The number of carbonyl (C=O) groups is 1. The van der Waals surface area contributed by atoms with E-state index < -0.39 is 17.9 Å². The zero-order valence-corrected chi connectivity index (χ0v) is 17.7. The average molecular weight is 402 g/mol. The summed E-state index contributed by atoms with van der Waals surface area (Å²) in [7, 11) is 7.95. The molecule has 0 spiro atoms. The number of esters is 1. The Morgan fingerprint density at radius 3 is 1.60 bits per heavy atom. The van der Waals surface area contributed by atoms with E-state index in [1.165, 1.54) is 0 Å². The second kappa shape index (κ2) is 7.84. The Kier molecular flexibility index (Phi) is 5.22. The molecule has 0 aliphatic carbocycles. The van der Waals surface area contributed by atoms with Crippen LogP contribution in [0.25, 0.3) is 0 Å². The van der Waals surface area contributed by atoms with Crippen molar-refractivity contribution >= 4 is 17.3 Å². The summed E-state index contributed by atoms with van der Waals surface area (Å²) in [6.07, 6.45) is -0.784. The van der Waals surface area contributed by atoms with E-state index in [4.69, 9.17) is 9.47 Å². The van der Waals surface area contributed by atoms with Crippen LogP contribution in [0.15, 0.2) is 78.9 Å². The maximum absolute atomic E-state index is 12.9. The Balaban J connectivity index is 1.80. The lowest BCUT2D eigenvalue weighted by Crippen LogP contribution is -2.29. The number of hydrogen-bond acceptors (Lipinski definition) is 5. The molecule has 30 heavy (non-hydrogen) atoms. The summed E-state index contributed by atoms with van der Waals surface area (Å²) < 4.78 is 12.4. The summed E-state index contributed by atoms with van der Waals surface area (Å²) in [5.41, 5.74) is 4.44. The van der Waals surface area contributed by atoms with Gasteiger partial charge < -0.3 is 19.3 Å². The Morgan fingerprint density at radius 2 is 1.17 bits per heavy atom. The number of rotatable bonds is 5. The molecule has 0 saturated carbocycles. The zero-order valence-electron chi connectivity index (χ0n) is 17.7. The molecule has 0 bridgehead atoms. The van der Waals surface area contributed by atoms with Crippen LogP contribution in [0.2, 0.25) is 0 Å². The second-order valence-corrected chi connectivity index (χ2v) is 7.83. The van der Waals surface area contributed by atoms with E-state index in [0.717, 1.165) is 28.1 Å². The summed E-state index contributed by atoms with van der Waals surface area (Å²) in [5, 5.41) is 0. The standard InChI is InChI=1S/C25H26N2O3/c1-26(2)21-14-10-19(11-15-21)25(20-12-16-22(17-13-20)27(3)4)29-23(24(28)30-25)18-8-6-5-7-9-18/h5-17,23H,1-4H3. The van der Waals surface area contributed by atoms with Crippen molar-refractivity contribution in [2.24, 2.45) is 0 Å². The molecule has 4 rings (SSSR count). The molecule has 1 heterocycles. The lowest BCUT2D eigenvalue weighted by atomic mass is 9.96. The van der Waals surface area contributed by atoms with Gasteiger partial charge in [-0.2, -0.15) is 0 Å². The number of nitrogens with zero attached hydrogens (tertiary/aromatic N) is 2. The molecule has 1 atom stereocenters. The van der Waals surface area contributed by atoms with Crippen LogP contribution in [0.3, 0.4) is 0 Å². The van der Waals surface area contributed by atoms with Crippen molar-refractivity contribution in [3.8, 4) is 0 Å². The third kappa shape index (κ3) is 3.53. The van der Waals surface area contributed by atoms with Crippen LogP contribution in [-0.2, 0) is 20.1 Å². The Morgan fingerprint density at radius 1 is 0.700 bits per heavy atom.